The molecule has 3 aliphatic rings. The number of likely N-dealkylation sites (tertiary alicyclic amines) is 1. The molecule has 3 saturated heterocycles. The average Bonchev–Trinajstić information content (AvgIpc) is 3.36. The van der Waals surface area contributed by atoms with Crippen molar-refractivity contribution in [2.45, 2.75) is 19.1 Å². The lowest BCUT2D eigenvalue weighted by molar-refractivity contribution is -0.137. The van der Waals surface area contributed by atoms with Crippen molar-refractivity contribution in [3.63, 3.8) is 0 Å². The maximum atomic E-state index is 13.6. The summed E-state index contributed by atoms with van der Waals surface area (Å²) in [5.41, 5.74) is 0.695. The second kappa shape index (κ2) is 11.5. The molecular formula is C25H33F3N8O2S. The molecule has 0 unspecified atom stereocenters. The van der Waals surface area contributed by atoms with E-state index in [1.54, 1.807) is 28.1 Å². The van der Waals surface area contributed by atoms with Gasteiger partial charge in [-0.2, -0.15) is 17.9 Å². The van der Waals surface area contributed by atoms with Crippen molar-refractivity contribution in [3.8, 4) is 0 Å². The van der Waals surface area contributed by atoms with Crippen molar-refractivity contribution >= 4 is 35.5 Å². The Bertz CT molecular complexity index is 1170. The van der Waals surface area contributed by atoms with Crippen LogP contribution in [-0.2, 0) is 12.7 Å². The minimum absolute atomic E-state index is 0.0180. The van der Waals surface area contributed by atoms with Crippen molar-refractivity contribution < 1.29 is 22.8 Å². The van der Waals surface area contributed by atoms with E-state index in [4.69, 9.17) is 0 Å². The molecule has 1 N–H and O–H groups in total. The normalized spacial score (nSPS) is 18.8. The molecule has 0 aliphatic carbocycles. The molecule has 3 amide bonds. The zero-order valence-electron chi connectivity index (χ0n) is 21.9. The van der Waals surface area contributed by atoms with Crippen molar-refractivity contribution in [3.05, 3.63) is 41.6 Å². The number of aromatic nitrogens is 2. The van der Waals surface area contributed by atoms with Gasteiger partial charge in [-0.1, -0.05) is 18.0 Å². The molecule has 10 nitrogen and oxygen atoms in total. The number of anilines is 2. The fourth-order valence-electron chi connectivity index (χ4n) is 5.09. The topological polar surface area (TPSA) is 80.2 Å². The number of nitrogens with one attached hydrogen (secondary N) is 1. The van der Waals surface area contributed by atoms with Crippen LogP contribution in [0.3, 0.4) is 0 Å². The highest BCUT2D eigenvalue weighted by molar-refractivity contribution is 7.99. The summed E-state index contributed by atoms with van der Waals surface area (Å²) in [5, 5.41) is 4.24. The zero-order valence-corrected chi connectivity index (χ0v) is 22.7. The Morgan fingerprint density at radius 3 is 2.15 bits per heavy atom. The van der Waals surface area contributed by atoms with Gasteiger partial charge in [0, 0.05) is 96.2 Å². The van der Waals surface area contributed by atoms with Crippen molar-refractivity contribution in [1.29, 1.82) is 0 Å². The summed E-state index contributed by atoms with van der Waals surface area (Å²) in [6, 6.07) is 5.49. The van der Waals surface area contributed by atoms with Gasteiger partial charge in [0.05, 0.1) is 5.56 Å². The fourth-order valence-corrected chi connectivity index (χ4v) is 5.40. The lowest BCUT2D eigenvalue weighted by Crippen LogP contribution is -2.56. The number of benzene rings is 1. The molecule has 39 heavy (non-hydrogen) atoms. The van der Waals surface area contributed by atoms with Crippen LogP contribution >= 0.6 is 11.9 Å². The molecule has 14 heteroatoms. The number of urea groups is 1. The van der Waals surface area contributed by atoms with Crippen LogP contribution in [0.5, 0.6) is 0 Å². The zero-order chi connectivity index (χ0) is 27.6. The smallest absolute Gasteiger partial charge is 0.368 e. The van der Waals surface area contributed by atoms with E-state index in [0.29, 0.717) is 70.4 Å². The molecule has 1 aromatic carbocycles. The highest BCUT2D eigenvalue weighted by atomic mass is 32.2. The Hall–Kier alpha value is -3.13. The van der Waals surface area contributed by atoms with E-state index >= 15 is 0 Å². The van der Waals surface area contributed by atoms with E-state index in [-0.39, 0.29) is 12.1 Å². The molecule has 3 aliphatic heterocycles. The van der Waals surface area contributed by atoms with E-state index in [1.807, 2.05) is 16.1 Å². The molecule has 1 aromatic heterocycles. The molecule has 3 fully saturated rings. The molecule has 0 atom stereocenters. The SMILES string of the molecule is CSNc1ccn(C(=O)N2CCN(Cc3ccc(C(F)(F)F)cc3N3CCN(C(=O)N4CCC4)CC3)CC2)n1. The minimum Gasteiger partial charge on any atom is -0.368 e. The number of amides is 3. The third kappa shape index (κ3) is 6.21. The van der Waals surface area contributed by atoms with Crippen LogP contribution in [0.25, 0.3) is 0 Å². The van der Waals surface area contributed by atoms with Gasteiger partial charge in [-0.05, 0) is 24.1 Å². The maximum absolute atomic E-state index is 13.6. The van der Waals surface area contributed by atoms with Crippen molar-refractivity contribution in [2.75, 3.05) is 81.3 Å². The van der Waals surface area contributed by atoms with E-state index in [2.05, 4.69) is 14.7 Å². The van der Waals surface area contributed by atoms with Crippen LogP contribution in [0.2, 0.25) is 0 Å². The maximum Gasteiger partial charge on any atom is 0.416 e. The highest BCUT2D eigenvalue weighted by Crippen LogP contribution is 2.34. The van der Waals surface area contributed by atoms with Crippen LogP contribution in [0.1, 0.15) is 17.5 Å². The first kappa shape index (κ1) is 27.4. The quantitative estimate of drug-likeness (QED) is 0.557. The third-order valence-corrected chi connectivity index (χ3v) is 7.87. The summed E-state index contributed by atoms with van der Waals surface area (Å²) in [6.45, 7) is 6.13. The van der Waals surface area contributed by atoms with Gasteiger partial charge in [0.1, 0.15) is 0 Å². The number of halogens is 3. The molecule has 4 heterocycles. The number of carbonyl (C=O) groups excluding carboxylic acids is 2. The minimum atomic E-state index is -4.44. The van der Waals surface area contributed by atoms with Gasteiger partial charge in [-0.15, -0.1) is 5.10 Å². The average molecular weight is 567 g/mol. The molecule has 5 rings (SSSR count). The van der Waals surface area contributed by atoms with Gasteiger partial charge in [-0.3, -0.25) is 4.90 Å². The second-order valence-electron chi connectivity index (χ2n) is 9.94. The van der Waals surface area contributed by atoms with Crippen LogP contribution in [0.4, 0.5) is 34.3 Å². The van der Waals surface area contributed by atoms with Gasteiger partial charge in [0.2, 0.25) is 0 Å². The second-order valence-corrected chi connectivity index (χ2v) is 10.5. The van der Waals surface area contributed by atoms with E-state index < -0.39 is 11.7 Å². The lowest BCUT2D eigenvalue weighted by atomic mass is 10.1. The Balaban J connectivity index is 1.23. The monoisotopic (exact) mass is 566 g/mol. The van der Waals surface area contributed by atoms with E-state index in [1.165, 1.54) is 22.7 Å². The highest BCUT2D eigenvalue weighted by Gasteiger charge is 2.34. The summed E-state index contributed by atoms with van der Waals surface area (Å²) >= 11 is 1.39. The number of hydrogen-bond donors (Lipinski definition) is 1. The van der Waals surface area contributed by atoms with Gasteiger partial charge < -0.3 is 24.3 Å². The number of piperazine rings is 2. The summed E-state index contributed by atoms with van der Waals surface area (Å²) in [4.78, 5) is 34.9. The summed E-state index contributed by atoms with van der Waals surface area (Å²) < 4.78 is 45.1. The number of alkyl halides is 3. The van der Waals surface area contributed by atoms with Crippen LogP contribution in [0, 0.1) is 0 Å². The first-order valence-electron chi connectivity index (χ1n) is 13.1. The molecule has 0 saturated carbocycles. The molecule has 0 radical (unpaired) electrons. The lowest BCUT2D eigenvalue weighted by Gasteiger charge is -2.42. The summed E-state index contributed by atoms with van der Waals surface area (Å²) in [6.07, 6.45) is 0.0734. The number of carbonyl (C=O) groups is 2. The van der Waals surface area contributed by atoms with Crippen molar-refractivity contribution in [1.82, 2.24) is 29.4 Å². The van der Waals surface area contributed by atoms with Gasteiger partial charge in [0.15, 0.2) is 5.82 Å². The Morgan fingerprint density at radius 2 is 1.54 bits per heavy atom. The first-order chi connectivity index (χ1) is 18.7. The molecule has 2 aromatic rings. The standard InChI is InChI=1S/C25H33F3N8O2S/c1-39-30-22-5-8-36(29-22)24(38)35-11-9-31(10-12-35)18-19-3-4-20(25(26,27)28)17-21(19)32-13-15-34(16-14-32)23(37)33-6-2-7-33/h3-5,8,17H,2,6-7,9-16,18H2,1H3,(H,29,30). The number of rotatable bonds is 5. The van der Waals surface area contributed by atoms with Crippen molar-refractivity contribution in [2.24, 2.45) is 0 Å². The van der Waals surface area contributed by atoms with E-state index in [9.17, 15) is 22.8 Å². The van der Waals surface area contributed by atoms with Gasteiger partial charge >= 0.3 is 18.2 Å². The van der Waals surface area contributed by atoms with E-state index in [0.717, 1.165) is 31.1 Å². The van der Waals surface area contributed by atoms with Crippen LogP contribution in [0.15, 0.2) is 30.5 Å². The van der Waals surface area contributed by atoms with Crippen LogP contribution < -0.4 is 9.62 Å². The molecule has 0 spiro atoms. The summed E-state index contributed by atoms with van der Waals surface area (Å²) in [7, 11) is 0. The van der Waals surface area contributed by atoms with Gasteiger partial charge in [-0.25, -0.2) is 9.59 Å². The Kier molecular flexibility index (Phi) is 8.12. The first-order valence-corrected chi connectivity index (χ1v) is 14.3. The molecule has 212 valence electrons. The largest absolute Gasteiger partial charge is 0.416 e. The predicted molar refractivity (Wildman–Crippen MR) is 144 cm³/mol. The number of hydrogen-bond acceptors (Lipinski definition) is 7. The molecular weight excluding hydrogens is 533 g/mol. The number of nitrogens with zero attached hydrogens (tertiary/aromatic N) is 7. The summed E-state index contributed by atoms with van der Waals surface area (Å²) in [5.74, 6) is 0.607. The van der Waals surface area contributed by atoms with Gasteiger partial charge in [0.25, 0.3) is 0 Å². The van der Waals surface area contributed by atoms with Crippen LogP contribution in [-0.4, -0.2) is 113 Å². The third-order valence-electron chi connectivity index (χ3n) is 7.46. The fraction of sp³-hybridized carbons (Fsp3) is 0.560. The Labute approximate surface area is 229 Å². The Morgan fingerprint density at radius 1 is 0.897 bits per heavy atom. The molecule has 0 bridgehead atoms. The predicted octanol–water partition coefficient (Wildman–Crippen LogP) is 3.33.